The third-order valence-corrected chi connectivity index (χ3v) is 5.30. The van der Waals surface area contributed by atoms with E-state index in [0.717, 1.165) is 0 Å². The lowest BCUT2D eigenvalue weighted by atomic mass is 9.73. The van der Waals surface area contributed by atoms with Crippen molar-refractivity contribution in [1.29, 1.82) is 0 Å². The number of benzene rings is 1. The fourth-order valence-electron chi connectivity index (χ4n) is 2.50. The Morgan fingerprint density at radius 1 is 1.22 bits per heavy atom. The summed E-state index contributed by atoms with van der Waals surface area (Å²) in [5, 5.41) is 11.6. The summed E-state index contributed by atoms with van der Waals surface area (Å²) in [6, 6.07) is 6.35. The summed E-state index contributed by atoms with van der Waals surface area (Å²) in [5.41, 5.74) is 0.794. The quantitative estimate of drug-likeness (QED) is 0.701. The van der Waals surface area contributed by atoms with Crippen molar-refractivity contribution in [3.05, 3.63) is 24.3 Å². The molecule has 1 aliphatic rings. The maximum absolute atomic E-state index is 12.1. The Hall–Kier alpha value is -2.09. The molecule has 0 saturated heterocycles. The van der Waals surface area contributed by atoms with E-state index in [4.69, 9.17) is 5.11 Å². The average molecular weight is 340 g/mol. The molecule has 1 aromatic carbocycles. The second-order valence-corrected chi connectivity index (χ2v) is 7.46. The molecule has 0 radical (unpaired) electrons. The number of carboxylic acids is 1. The number of carboxylic acid groups (broad SMARTS) is 1. The van der Waals surface area contributed by atoms with E-state index in [1.807, 2.05) is 0 Å². The number of rotatable bonds is 7. The summed E-state index contributed by atoms with van der Waals surface area (Å²) >= 11 is 0. The highest BCUT2D eigenvalue weighted by atomic mass is 32.2. The van der Waals surface area contributed by atoms with Crippen LogP contribution < -0.4 is 10.0 Å². The standard InChI is InChI=1S/C15H20N2O5S/c1-2-8-23(21,22)17-11-5-3-4-10(9-11)16-14(18)12-6-7-13(12)15(19)20/h3-5,9,12-13,17H,2,6-8H2,1H3,(H,16,18)(H,19,20). The van der Waals surface area contributed by atoms with E-state index in [2.05, 4.69) is 10.0 Å². The van der Waals surface area contributed by atoms with Crippen LogP contribution >= 0.6 is 0 Å². The lowest BCUT2D eigenvalue weighted by Gasteiger charge is -2.31. The number of carbonyl (C=O) groups excluding carboxylic acids is 1. The monoisotopic (exact) mass is 340 g/mol. The zero-order valence-corrected chi connectivity index (χ0v) is 13.6. The van der Waals surface area contributed by atoms with Crippen LogP contribution in [0.4, 0.5) is 11.4 Å². The van der Waals surface area contributed by atoms with E-state index in [1.165, 1.54) is 6.07 Å². The van der Waals surface area contributed by atoms with E-state index in [9.17, 15) is 18.0 Å². The first-order valence-corrected chi connectivity index (χ1v) is 9.12. The number of amides is 1. The van der Waals surface area contributed by atoms with E-state index >= 15 is 0 Å². The second kappa shape index (κ2) is 6.99. The van der Waals surface area contributed by atoms with Gasteiger partial charge >= 0.3 is 5.97 Å². The molecule has 1 aliphatic carbocycles. The van der Waals surface area contributed by atoms with Gasteiger partial charge in [0.25, 0.3) is 0 Å². The summed E-state index contributed by atoms with van der Waals surface area (Å²) in [6.45, 7) is 1.77. The van der Waals surface area contributed by atoms with Gasteiger partial charge in [0.1, 0.15) is 0 Å². The van der Waals surface area contributed by atoms with Crippen LogP contribution in [0, 0.1) is 11.8 Å². The Bertz CT molecular complexity index is 702. The minimum atomic E-state index is -3.40. The van der Waals surface area contributed by atoms with Crippen LogP contribution in [0.1, 0.15) is 26.2 Å². The minimum absolute atomic E-state index is 0.0198. The van der Waals surface area contributed by atoms with Gasteiger partial charge in [0, 0.05) is 5.69 Å². The molecule has 0 aromatic heterocycles. The molecule has 2 rings (SSSR count). The third-order valence-electron chi connectivity index (χ3n) is 3.80. The molecule has 0 aliphatic heterocycles. The molecule has 23 heavy (non-hydrogen) atoms. The number of hydrogen-bond acceptors (Lipinski definition) is 4. The topological polar surface area (TPSA) is 113 Å². The number of sulfonamides is 1. The molecule has 1 amide bonds. The van der Waals surface area contributed by atoms with Gasteiger partial charge in [-0.3, -0.25) is 14.3 Å². The van der Waals surface area contributed by atoms with Crippen LogP contribution in [0.3, 0.4) is 0 Å². The first-order chi connectivity index (χ1) is 10.8. The molecule has 126 valence electrons. The predicted octanol–water partition coefficient (Wildman–Crippen LogP) is 1.89. The third kappa shape index (κ3) is 4.44. The van der Waals surface area contributed by atoms with Gasteiger partial charge in [-0.2, -0.15) is 0 Å². The highest BCUT2D eigenvalue weighted by Gasteiger charge is 2.41. The summed E-state index contributed by atoms with van der Waals surface area (Å²) in [7, 11) is -3.40. The Morgan fingerprint density at radius 2 is 1.87 bits per heavy atom. The largest absolute Gasteiger partial charge is 0.481 e. The molecule has 0 heterocycles. The Labute approximate surface area is 135 Å². The predicted molar refractivity (Wildman–Crippen MR) is 86.6 cm³/mol. The van der Waals surface area contributed by atoms with Gasteiger partial charge in [0.2, 0.25) is 15.9 Å². The minimum Gasteiger partial charge on any atom is -0.481 e. The molecule has 8 heteroatoms. The van der Waals surface area contributed by atoms with E-state index < -0.39 is 27.8 Å². The summed E-state index contributed by atoms with van der Waals surface area (Å²) < 4.78 is 25.9. The number of anilines is 2. The van der Waals surface area contributed by atoms with E-state index in [-0.39, 0.29) is 11.7 Å². The van der Waals surface area contributed by atoms with Crippen LogP contribution in [0.25, 0.3) is 0 Å². The zero-order chi connectivity index (χ0) is 17.0. The number of nitrogens with one attached hydrogen (secondary N) is 2. The molecule has 0 bridgehead atoms. The lowest BCUT2D eigenvalue weighted by Crippen LogP contribution is -2.41. The maximum Gasteiger partial charge on any atom is 0.307 e. The first kappa shape index (κ1) is 17.3. The van der Waals surface area contributed by atoms with Gasteiger partial charge < -0.3 is 10.4 Å². The fraction of sp³-hybridized carbons (Fsp3) is 0.467. The SMILES string of the molecule is CCCS(=O)(=O)Nc1cccc(NC(=O)C2CCC2C(=O)O)c1. The van der Waals surface area contributed by atoms with Crippen LogP contribution in [0.15, 0.2) is 24.3 Å². The fourth-order valence-corrected chi connectivity index (χ4v) is 3.63. The molecule has 3 N–H and O–H groups in total. The molecule has 1 aromatic rings. The molecule has 2 unspecified atom stereocenters. The van der Waals surface area contributed by atoms with Gasteiger partial charge in [0.15, 0.2) is 0 Å². The highest BCUT2D eigenvalue weighted by Crippen LogP contribution is 2.35. The van der Waals surface area contributed by atoms with Gasteiger partial charge in [-0.1, -0.05) is 13.0 Å². The van der Waals surface area contributed by atoms with Gasteiger partial charge in [-0.05, 0) is 37.5 Å². The van der Waals surface area contributed by atoms with Crippen molar-refractivity contribution in [1.82, 2.24) is 0 Å². The normalized spacial score (nSPS) is 20.4. The van der Waals surface area contributed by atoms with Crippen molar-refractivity contribution < 1.29 is 23.1 Å². The average Bonchev–Trinajstić information content (AvgIpc) is 2.35. The van der Waals surface area contributed by atoms with Crippen molar-refractivity contribution >= 4 is 33.3 Å². The van der Waals surface area contributed by atoms with Crippen molar-refractivity contribution in [3.63, 3.8) is 0 Å². The molecule has 2 atom stereocenters. The Morgan fingerprint density at radius 3 is 2.43 bits per heavy atom. The number of aliphatic carboxylic acids is 1. The van der Waals surface area contributed by atoms with Crippen molar-refractivity contribution in [3.8, 4) is 0 Å². The number of carbonyl (C=O) groups is 2. The molecule has 0 spiro atoms. The van der Waals surface area contributed by atoms with E-state index in [1.54, 1.807) is 25.1 Å². The van der Waals surface area contributed by atoms with Crippen molar-refractivity contribution in [2.24, 2.45) is 11.8 Å². The summed E-state index contributed by atoms with van der Waals surface area (Å²) in [4.78, 5) is 23.1. The molecule has 1 saturated carbocycles. The van der Waals surface area contributed by atoms with E-state index in [0.29, 0.717) is 30.6 Å². The molecule has 7 nitrogen and oxygen atoms in total. The van der Waals surface area contributed by atoms with Crippen LogP contribution in [-0.4, -0.2) is 31.2 Å². The second-order valence-electron chi connectivity index (χ2n) is 5.62. The summed E-state index contributed by atoms with van der Waals surface area (Å²) in [5.74, 6) is -2.46. The van der Waals surface area contributed by atoms with Gasteiger partial charge in [-0.25, -0.2) is 8.42 Å². The molecular weight excluding hydrogens is 320 g/mol. The maximum atomic E-state index is 12.1. The molecule has 1 fully saturated rings. The summed E-state index contributed by atoms with van der Waals surface area (Å²) in [6.07, 6.45) is 1.56. The van der Waals surface area contributed by atoms with Gasteiger partial charge in [0.05, 0.1) is 23.3 Å². The lowest BCUT2D eigenvalue weighted by molar-refractivity contribution is -0.151. The smallest absolute Gasteiger partial charge is 0.307 e. The Balaban J connectivity index is 2.03. The zero-order valence-electron chi connectivity index (χ0n) is 12.8. The Kier molecular flexibility index (Phi) is 5.25. The van der Waals surface area contributed by atoms with Crippen molar-refractivity contribution in [2.75, 3.05) is 15.8 Å². The van der Waals surface area contributed by atoms with Crippen LogP contribution in [0.2, 0.25) is 0 Å². The van der Waals surface area contributed by atoms with Gasteiger partial charge in [-0.15, -0.1) is 0 Å². The molecular formula is C15H20N2O5S. The first-order valence-electron chi connectivity index (χ1n) is 7.46. The van der Waals surface area contributed by atoms with Crippen molar-refractivity contribution in [2.45, 2.75) is 26.2 Å². The van der Waals surface area contributed by atoms with Crippen LogP contribution in [0.5, 0.6) is 0 Å². The number of hydrogen-bond donors (Lipinski definition) is 3. The highest BCUT2D eigenvalue weighted by molar-refractivity contribution is 7.92. The van der Waals surface area contributed by atoms with Crippen LogP contribution in [-0.2, 0) is 19.6 Å².